The second-order valence-electron chi connectivity index (χ2n) is 6.66. The van der Waals surface area contributed by atoms with E-state index in [1.165, 1.54) is 0 Å². The van der Waals surface area contributed by atoms with E-state index in [4.69, 9.17) is 4.74 Å². The van der Waals surface area contributed by atoms with Gasteiger partial charge in [0.25, 0.3) is 0 Å². The summed E-state index contributed by atoms with van der Waals surface area (Å²) in [5.41, 5.74) is 3.02. The second-order valence-corrected chi connectivity index (χ2v) is 6.66. The molecular weight excluding hydrogens is 322 g/mol. The lowest BCUT2D eigenvalue weighted by atomic mass is 10.1. The summed E-state index contributed by atoms with van der Waals surface area (Å²) in [6.07, 6.45) is 4.75. The number of aliphatic imine (C=N–C) groups is 1. The third-order valence-electron chi connectivity index (χ3n) is 4.12. The van der Waals surface area contributed by atoms with E-state index in [-0.39, 0.29) is 0 Å². The number of imidazole rings is 1. The fourth-order valence-electron chi connectivity index (χ4n) is 2.67. The molecule has 4 heteroatoms. The highest BCUT2D eigenvalue weighted by molar-refractivity contribution is 5.83. The van der Waals surface area contributed by atoms with Crippen LogP contribution < -0.4 is 4.74 Å². The standard InChI is InChI=1S/C22H25N3O/c1-4-14-25-21-8-6-5-7-20(21)24-22(25)23-16-18-9-11-19(12-10-18)26-15-13-17(2)3/h4-12,16-17H,1,13-15H2,2-3H3/b23-16-. The van der Waals surface area contributed by atoms with Gasteiger partial charge in [0.15, 0.2) is 0 Å². The van der Waals surface area contributed by atoms with Gasteiger partial charge < -0.3 is 9.30 Å². The predicted octanol–water partition coefficient (Wildman–Crippen LogP) is 5.40. The highest BCUT2D eigenvalue weighted by Crippen LogP contribution is 2.22. The average molecular weight is 347 g/mol. The quantitative estimate of drug-likeness (QED) is 0.404. The molecule has 0 saturated carbocycles. The SMILES string of the molecule is C=CCn1c(/N=C\c2ccc(OCCC(C)C)cc2)nc2ccccc21. The summed E-state index contributed by atoms with van der Waals surface area (Å²) in [5.74, 6) is 2.22. The first-order chi connectivity index (χ1) is 12.7. The van der Waals surface area contributed by atoms with Gasteiger partial charge in [-0.1, -0.05) is 32.1 Å². The summed E-state index contributed by atoms with van der Waals surface area (Å²) >= 11 is 0. The van der Waals surface area contributed by atoms with Gasteiger partial charge in [0, 0.05) is 12.8 Å². The van der Waals surface area contributed by atoms with E-state index in [2.05, 4.69) is 35.0 Å². The monoisotopic (exact) mass is 347 g/mol. The van der Waals surface area contributed by atoms with Crippen molar-refractivity contribution in [1.29, 1.82) is 0 Å². The molecule has 134 valence electrons. The molecule has 3 aromatic rings. The normalized spacial score (nSPS) is 11.5. The molecule has 0 bridgehead atoms. The summed E-state index contributed by atoms with van der Waals surface area (Å²) in [7, 11) is 0. The molecule has 0 fully saturated rings. The first kappa shape index (κ1) is 17.9. The molecule has 26 heavy (non-hydrogen) atoms. The first-order valence-corrected chi connectivity index (χ1v) is 9.00. The molecule has 0 aliphatic rings. The average Bonchev–Trinajstić information content (AvgIpc) is 2.99. The minimum absolute atomic E-state index is 0.649. The maximum atomic E-state index is 5.75. The minimum atomic E-state index is 0.649. The maximum Gasteiger partial charge on any atom is 0.230 e. The van der Waals surface area contributed by atoms with Gasteiger partial charge in [-0.25, -0.2) is 9.98 Å². The number of aromatic nitrogens is 2. The van der Waals surface area contributed by atoms with Gasteiger partial charge in [-0.15, -0.1) is 6.58 Å². The van der Waals surface area contributed by atoms with Gasteiger partial charge in [-0.2, -0.15) is 0 Å². The molecule has 0 aliphatic heterocycles. The van der Waals surface area contributed by atoms with E-state index in [1.54, 1.807) is 0 Å². The topological polar surface area (TPSA) is 39.4 Å². The van der Waals surface area contributed by atoms with Crippen molar-refractivity contribution in [1.82, 2.24) is 9.55 Å². The number of nitrogens with zero attached hydrogens (tertiary/aromatic N) is 3. The third-order valence-corrected chi connectivity index (χ3v) is 4.12. The van der Waals surface area contributed by atoms with Crippen molar-refractivity contribution < 1.29 is 4.74 Å². The van der Waals surface area contributed by atoms with Crippen LogP contribution in [0, 0.1) is 5.92 Å². The second kappa shape index (κ2) is 8.48. The minimum Gasteiger partial charge on any atom is -0.494 e. The van der Waals surface area contributed by atoms with E-state index in [0.717, 1.165) is 35.4 Å². The third kappa shape index (κ3) is 4.39. The van der Waals surface area contributed by atoms with E-state index in [0.29, 0.717) is 18.4 Å². The van der Waals surface area contributed by atoms with Crippen molar-refractivity contribution in [2.24, 2.45) is 10.9 Å². The molecule has 0 saturated heterocycles. The number of hydrogen-bond acceptors (Lipinski definition) is 3. The molecule has 3 rings (SSSR count). The summed E-state index contributed by atoms with van der Waals surface area (Å²) < 4.78 is 7.81. The molecule has 0 radical (unpaired) electrons. The lowest BCUT2D eigenvalue weighted by molar-refractivity contribution is 0.289. The molecular formula is C22H25N3O. The Labute approximate surface area is 154 Å². The van der Waals surface area contributed by atoms with Crippen molar-refractivity contribution in [2.75, 3.05) is 6.61 Å². The predicted molar refractivity (Wildman–Crippen MR) is 109 cm³/mol. The molecule has 0 aliphatic carbocycles. The number of para-hydroxylation sites is 2. The Kier molecular flexibility index (Phi) is 5.84. The summed E-state index contributed by atoms with van der Waals surface area (Å²) in [6, 6.07) is 16.0. The lowest BCUT2D eigenvalue weighted by Crippen LogP contribution is -2.01. The molecule has 4 nitrogen and oxygen atoms in total. The Morgan fingerprint density at radius 3 is 2.65 bits per heavy atom. The molecule has 0 spiro atoms. The van der Waals surface area contributed by atoms with Crippen LogP contribution in [0.2, 0.25) is 0 Å². The van der Waals surface area contributed by atoms with Crippen LogP contribution in [0.15, 0.2) is 66.2 Å². The fourth-order valence-corrected chi connectivity index (χ4v) is 2.67. The zero-order valence-corrected chi connectivity index (χ0v) is 15.4. The van der Waals surface area contributed by atoms with Crippen molar-refractivity contribution >= 4 is 23.2 Å². The molecule has 0 unspecified atom stereocenters. The van der Waals surface area contributed by atoms with E-state index >= 15 is 0 Å². The highest BCUT2D eigenvalue weighted by atomic mass is 16.5. The lowest BCUT2D eigenvalue weighted by Gasteiger charge is -2.08. The van der Waals surface area contributed by atoms with E-state index in [9.17, 15) is 0 Å². The van der Waals surface area contributed by atoms with Crippen LogP contribution in [0.3, 0.4) is 0 Å². The van der Waals surface area contributed by atoms with Gasteiger partial charge in [0.05, 0.1) is 17.6 Å². The van der Waals surface area contributed by atoms with E-state index < -0.39 is 0 Å². The number of hydrogen-bond donors (Lipinski definition) is 0. The van der Waals surface area contributed by atoms with Crippen LogP contribution in [0.1, 0.15) is 25.8 Å². The molecule has 0 N–H and O–H groups in total. The number of ether oxygens (including phenoxy) is 1. The maximum absolute atomic E-state index is 5.75. The summed E-state index contributed by atoms with van der Waals surface area (Å²) in [4.78, 5) is 9.20. The molecule has 0 atom stereocenters. The van der Waals surface area contributed by atoms with Crippen LogP contribution in [0.25, 0.3) is 11.0 Å². The number of fused-ring (bicyclic) bond motifs is 1. The van der Waals surface area contributed by atoms with Gasteiger partial charge in [0.2, 0.25) is 5.95 Å². The van der Waals surface area contributed by atoms with Crippen molar-refractivity contribution in [3.8, 4) is 5.75 Å². The molecule has 0 amide bonds. The van der Waals surface area contributed by atoms with Crippen molar-refractivity contribution in [2.45, 2.75) is 26.8 Å². The van der Waals surface area contributed by atoms with Crippen molar-refractivity contribution in [3.63, 3.8) is 0 Å². The molecule has 1 heterocycles. The van der Waals surface area contributed by atoms with Crippen LogP contribution >= 0.6 is 0 Å². The molecule has 1 aromatic heterocycles. The smallest absolute Gasteiger partial charge is 0.230 e. The molecule has 2 aromatic carbocycles. The number of benzene rings is 2. The van der Waals surface area contributed by atoms with Gasteiger partial charge >= 0.3 is 0 Å². The first-order valence-electron chi connectivity index (χ1n) is 9.00. The van der Waals surface area contributed by atoms with Crippen molar-refractivity contribution in [3.05, 3.63) is 66.7 Å². The highest BCUT2D eigenvalue weighted by Gasteiger charge is 2.07. The fraction of sp³-hybridized carbons (Fsp3) is 0.273. The van der Waals surface area contributed by atoms with Gasteiger partial charge in [-0.3, -0.25) is 0 Å². The largest absolute Gasteiger partial charge is 0.494 e. The zero-order valence-electron chi connectivity index (χ0n) is 15.4. The van der Waals surface area contributed by atoms with Gasteiger partial charge in [0.1, 0.15) is 5.75 Å². The summed E-state index contributed by atoms with van der Waals surface area (Å²) in [5, 5.41) is 0. The Morgan fingerprint density at radius 1 is 1.15 bits per heavy atom. The van der Waals surface area contributed by atoms with E-state index in [1.807, 2.05) is 60.8 Å². The Bertz CT molecular complexity index is 891. The Balaban J connectivity index is 1.74. The number of allylic oxidation sites excluding steroid dienone is 1. The van der Waals surface area contributed by atoms with Gasteiger partial charge in [-0.05, 0) is 54.3 Å². The summed E-state index contributed by atoms with van der Waals surface area (Å²) in [6.45, 7) is 9.65. The van der Waals surface area contributed by atoms with Crippen LogP contribution in [0.4, 0.5) is 5.95 Å². The van der Waals surface area contributed by atoms with Crippen LogP contribution in [-0.4, -0.2) is 22.4 Å². The Morgan fingerprint density at radius 2 is 1.92 bits per heavy atom. The zero-order chi connectivity index (χ0) is 18.4. The van der Waals surface area contributed by atoms with Crippen LogP contribution in [-0.2, 0) is 6.54 Å². The Hall–Kier alpha value is -2.88. The van der Waals surface area contributed by atoms with Crippen LogP contribution in [0.5, 0.6) is 5.75 Å². The number of rotatable bonds is 8.